The summed E-state index contributed by atoms with van der Waals surface area (Å²) in [6, 6.07) is -0.0576. The summed E-state index contributed by atoms with van der Waals surface area (Å²) in [6.45, 7) is 1.21. The molecule has 0 aromatic carbocycles. The Bertz CT molecular complexity index is 162. The predicted molar refractivity (Wildman–Crippen MR) is 45.7 cm³/mol. The van der Waals surface area contributed by atoms with Crippen molar-refractivity contribution in [1.29, 1.82) is 0 Å². The number of hydrogen-bond donors (Lipinski definition) is 2. The highest BCUT2D eigenvalue weighted by Gasteiger charge is 2.44. The zero-order valence-corrected chi connectivity index (χ0v) is 7.33. The van der Waals surface area contributed by atoms with Crippen molar-refractivity contribution in [3.8, 4) is 0 Å². The van der Waals surface area contributed by atoms with E-state index in [0.29, 0.717) is 12.5 Å². The molecule has 1 aliphatic heterocycles. The van der Waals surface area contributed by atoms with Crippen LogP contribution in [0, 0.1) is 5.92 Å². The summed E-state index contributed by atoms with van der Waals surface area (Å²) >= 11 is 0. The molecule has 2 atom stereocenters. The minimum Gasteiger partial charge on any atom is -0.386 e. The zero-order valence-electron chi connectivity index (χ0n) is 7.33. The maximum absolute atomic E-state index is 10.1. The van der Waals surface area contributed by atoms with E-state index in [1.54, 1.807) is 0 Å². The first kappa shape index (κ1) is 8.48. The smallest absolute Gasteiger partial charge is 0.103 e. The first-order chi connectivity index (χ1) is 5.72. The Hall–Kier alpha value is -0.120. The normalized spacial score (nSPS) is 39.5. The van der Waals surface area contributed by atoms with Crippen LogP contribution in [-0.2, 0) is 4.74 Å². The second-order valence-electron chi connectivity index (χ2n) is 4.12. The lowest BCUT2D eigenvalue weighted by molar-refractivity contribution is -0.103. The Morgan fingerprint density at radius 1 is 1.50 bits per heavy atom. The topological polar surface area (TPSA) is 55.5 Å². The molecule has 2 rings (SSSR count). The Kier molecular flexibility index (Phi) is 2.10. The lowest BCUT2D eigenvalue weighted by Crippen LogP contribution is -2.54. The number of rotatable bonds is 2. The van der Waals surface area contributed by atoms with Gasteiger partial charge in [-0.3, -0.25) is 0 Å². The molecule has 1 heterocycles. The van der Waals surface area contributed by atoms with Crippen molar-refractivity contribution in [2.45, 2.75) is 37.3 Å². The van der Waals surface area contributed by atoms with Crippen LogP contribution in [0.3, 0.4) is 0 Å². The van der Waals surface area contributed by atoms with E-state index in [-0.39, 0.29) is 6.04 Å². The summed E-state index contributed by atoms with van der Waals surface area (Å²) in [6.07, 6.45) is 4.12. The average molecular weight is 171 g/mol. The molecular formula is C9H17NO2. The van der Waals surface area contributed by atoms with Gasteiger partial charge in [0.1, 0.15) is 5.60 Å². The molecule has 0 bridgehead atoms. The van der Waals surface area contributed by atoms with E-state index in [4.69, 9.17) is 10.5 Å². The van der Waals surface area contributed by atoms with Crippen LogP contribution < -0.4 is 5.73 Å². The summed E-state index contributed by atoms with van der Waals surface area (Å²) in [5, 5.41) is 10.1. The van der Waals surface area contributed by atoms with Crippen LogP contribution in [0.2, 0.25) is 0 Å². The van der Waals surface area contributed by atoms with E-state index in [1.165, 1.54) is 12.8 Å². The Morgan fingerprint density at radius 2 is 2.25 bits per heavy atom. The Balaban J connectivity index is 1.96. The monoisotopic (exact) mass is 171 g/mol. The molecule has 2 unspecified atom stereocenters. The minimum absolute atomic E-state index is 0.0576. The van der Waals surface area contributed by atoms with E-state index in [9.17, 15) is 5.11 Å². The molecule has 1 saturated carbocycles. The van der Waals surface area contributed by atoms with Gasteiger partial charge in [-0.2, -0.15) is 0 Å². The third-order valence-electron chi connectivity index (χ3n) is 3.00. The van der Waals surface area contributed by atoms with Crippen molar-refractivity contribution in [3.05, 3.63) is 0 Å². The molecular weight excluding hydrogens is 154 g/mol. The lowest BCUT2D eigenvalue weighted by atomic mass is 9.86. The number of ether oxygens (including phenoxy) is 1. The van der Waals surface area contributed by atoms with Crippen molar-refractivity contribution in [1.82, 2.24) is 0 Å². The van der Waals surface area contributed by atoms with Gasteiger partial charge in [-0.15, -0.1) is 0 Å². The van der Waals surface area contributed by atoms with Gasteiger partial charge < -0.3 is 15.6 Å². The van der Waals surface area contributed by atoms with Crippen molar-refractivity contribution in [2.24, 2.45) is 11.7 Å². The van der Waals surface area contributed by atoms with E-state index in [0.717, 1.165) is 19.4 Å². The van der Waals surface area contributed by atoms with E-state index in [2.05, 4.69) is 0 Å². The maximum atomic E-state index is 10.1. The quantitative estimate of drug-likeness (QED) is 0.627. The van der Waals surface area contributed by atoms with Crippen LogP contribution >= 0.6 is 0 Å². The Morgan fingerprint density at radius 3 is 2.75 bits per heavy atom. The summed E-state index contributed by atoms with van der Waals surface area (Å²) in [4.78, 5) is 0. The third kappa shape index (κ3) is 1.49. The summed E-state index contributed by atoms with van der Waals surface area (Å²) in [7, 11) is 0. The van der Waals surface area contributed by atoms with Crippen LogP contribution in [0.15, 0.2) is 0 Å². The molecule has 0 aromatic rings. The summed E-state index contributed by atoms with van der Waals surface area (Å²) in [5.41, 5.74) is 5.24. The SMILES string of the molecule is NC(C1CC1)C1(O)CCCOC1. The van der Waals surface area contributed by atoms with Gasteiger partial charge in [-0.1, -0.05) is 0 Å². The van der Waals surface area contributed by atoms with Crippen LogP contribution in [0.1, 0.15) is 25.7 Å². The van der Waals surface area contributed by atoms with Crippen molar-refractivity contribution in [2.75, 3.05) is 13.2 Å². The summed E-state index contributed by atoms with van der Waals surface area (Å²) in [5.74, 6) is 0.552. The van der Waals surface area contributed by atoms with Gasteiger partial charge in [0.05, 0.1) is 6.61 Å². The van der Waals surface area contributed by atoms with E-state index in [1.807, 2.05) is 0 Å². The molecule has 0 aromatic heterocycles. The molecule has 0 radical (unpaired) electrons. The van der Waals surface area contributed by atoms with Gasteiger partial charge in [0.25, 0.3) is 0 Å². The first-order valence-electron chi connectivity index (χ1n) is 4.78. The molecule has 3 nitrogen and oxygen atoms in total. The number of hydrogen-bond acceptors (Lipinski definition) is 3. The van der Waals surface area contributed by atoms with Crippen LogP contribution in [0.5, 0.6) is 0 Å². The molecule has 1 aliphatic carbocycles. The second-order valence-corrected chi connectivity index (χ2v) is 4.12. The largest absolute Gasteiger partial charge is 0.386 e. The molecule has 70 valence electrons. The molecule has 3 N–H and O–H groups in total. The van der Waals surface area contributed by atoms with Gasteiger partial charge in [0, 0.05) is 12.6 Å². The third-order valence-corrected chi connectivity index (χ3v) is 3.00. The van der Waals surface area contributed by atoms with Crippen LogP contribution in [0.4, 0.5) is 0 Å². The second kappa shape index (κ2) is 2.98. The fourth-order valence-electron chi connectivity index (χ4n) is 1.96. The molecule has 12 heavy (non-hydrogen) atoms. The Labute approximate surface area is 72.9 Å². The van der Waals surface area contributed by atoms with Gasteiger partial charge in [0.2, 0.25) is 0 Å². The van der Waals surface area contributed by atoms with Gasteiger partial charge >= 0.3 is 0 Å². The molecule has 0 spiro atoms. The number of nitrogens with two attached hydrogens (primary N) is 1. The molecule has 2 fully saturated rings. The molecule has 0 amide bonds. The molecule has 2 aliphatic rings. The van der Waals surface area contributed by atoms with Crippen molar-refractivity contribution < 1.29 is 9.84 Å². The zero-order chi connectivity index (χ0) is 8.60. The highest BCUT2D eigenvalue weighted by atomic mass is 16.5. The van der Waals surface area contributed by atoms with E-state index >= 15 is 0 Å². The lowest BCUT2D eigenvalue weighted by Gasteiger charge is -2.37. The minimum atomic E-state index is -0.723. The fraction of sp³-hybridized carbons (Fsp3) is 1.00. The standard InChI is InChI=1S/C9H17NO2/c10-8(7-2-3-7)9(11)4-1-5-12-6-9/h7-8,11H,1-6,10H2. The number of aliphatic hydroxyl groups is 1. The molecule has 1 saturated heterocycles. The first-order valence-corrected chi connectivity index (χ1v) is 4.78. The van der Waals surface area contributed by atoms with Crippen molar-refractivity contribution >= 4 is 0 Å². The molecule has 3 heteroatoms. The summed E-state index contributed by atoms with van der Waals surface area (Å²) < 4.78 is 5.25. The highest BCUT2D eigenvalue weighted by molar-refractivity contribution is 4.99. The van der Waals surface area contributed by atoms with Gasteiger partial charge in [-0.05, 0) is 31.6 Å². The van der Waals surface area contributed by atoms with Crippen LogP contribution in [-0.4, -0.2) is 30.0 Å². The van der Waals surface area contributed by atoms with Gasteiger partial charge in [0.15, 0.2) is 0 Å². The maximum Gasteiger partial charge on any atom is 0.103 e. The highest BCUT2D eigenvalue weighted by Crippen LogP contribution is 2.38. The average Bonchev–Trinajstić information content (AvgIpc) is 2.87. The van der Waals surface area contributed by atoms with E-state index < -0.39 is 5.60 Å². The fourth-order valence-corrected chi connectivity index (χ4v) is 1.96. The van der Waals surface area contributed by atoms with Gasteiger partial charge in [-0.25, -0.2) is 0 Å². The van der Waals surface area contributed by atoms with Crippen molar-refractivity contribution in [3.63, 3.8) is 0 Å². The van der Waals surface area contributed by atoms with Crippen LogP contribution in [0.25, 0.3) is 0 Å². The predicted octanol–water partition coefficient (Wildman–Crippen LogP) is 0.265.